The molecule has 2 rings (SSSR count). The number of benzene rings is 1. The maximum atomic E-state index is 11.8. The van der Waals surface area contributed by atoms with E-state index in [-0.39, 0.29) is 18.4 Å². The van der Waals surface area contributed by atoms with Gasteiger partial charge in [-0.15, -0.1) is 0 Å². The second-order valence-electron chi connectivity index (χ2n) is 3.75. The number of nitrogens with one attached hydrogen (secondary N) is 2. The SMILES string of the molecule is C=C(Br)CNC(=O)c1ccc2c(c1)NC(=O)CO2. The van der Waals surface area contributed by atoms with E-state index >= 15 is 0 Å². The van der Waals surface area contributed by atoms with Crippen molar-refractivity contribution in [2.75, 3.05) is 18.5 Å². The summed E-state index contributed by atoms with van der Waals surface area (Å²) in [5.74, 6) is 0.100. The first kappa shape index (κ1) is 12.6. The van der Waals surface area contributed by atoms with Crippen LogP contribution in [0.1, 0.15) is 10.4 Å². The Morgan fingerprint density at radius 1 is 1.56 bits per heavy atom. The van der Waals surface area contributed by atoms with Crippen molar-refractivity contribution in [1.82, 2.24) is 5.32 Å². The maximum Gasteiger partial charge on any atom is 0.262 e. The minimum absolute atomic E-state index is 0.00194. The number of carbonyl (C=O) groups is 2. The molecular weight excluding hydrogens is 300 g/mol. The third-order valence-electron chi connectivity index (χ3n) is 2.32. The Balaban J connectivity index is 2.15. The van der Waals surface area contributed by atoms with Crippen molar-refractivity contribution in [2.45, 2.75) is 0 Å². The van der Waals surface area contributed by atoms with Crippen LogP contribution in [0.15, 0.2) is 29.3 Å². The molecule has 0 radical (unpaired) electrons. The van der Waals surface area contributed by atoms with Crippen molar-refractivity contribution in [3.05, 3.63) is 34.8 Å². The third kappa shape index (κ3) is 2.89. The number of hydrogen-bond acceptors (Lipinski definition) is 3. The van der Waals surface area contributed by atoms with Gasteiger partial charge in [0.05, 0.1) is 5.69 Å². The van der Waals surface area contributed by atoms with Gasteiger partial charge in [0.15, 0.2) is 6.61 Å². The Morgan fingerprint density at radius 2 is 2.33 bits per heavy atom. The first-order valence-corrected chi connectivity index (χ1v) is 6.04. The summed E-state index contributed by atoms with van der Waals surface area (Å²) in [6.45, 7) is 3.97. The fraction of sp³-hybridized carbons (Fsp3) is 0.167. The summed E-state index contributed by atoms with van der Waals surface area (Å²) in [6.07, 6.45) is 0. The number of ether oxygens (including phenoxy) is 1. The molecule has 94 valence electrons. The van der Waals surface area contributed by atoms with Crippen LogP contribution in [0.25, 0.3) is 0 Å². The Hall–Kier alpha value is -1.82. The lowest BCUT2D eigenvalue weighted by molar-refractivity contribution is -0.118. The van der Waals surface area contributed by atoms with Crippen LogP contribution in [0.2, 0.25) is 0 Å². The highest BCUT2D eigenvalue weighted by atomic mass is 79.9. The van der Waals surface area contributed by atoms with Crippen LogP contribution in [0.3, 0.4) is 0 Å². The number of fused-ring (bicyclic) bond motifs is 1. The van der Waals surface area contributed by atoms with Crippen LogP contribution >= 0.6 is 15.9 Å². The molecule has 0 atom stereocenters. The molecule has 0 spiro atoms. The summed E-state index contributed by atoms with van der Waals surface area (Å²) >= 11 is 3.16. The molecule has 1 aliphatic rings. The molecule has 0 saturated carbocycles. The fourth-order valence-electron chi connectivity index (χ4n) is 1.50. The topological polar surface area (TPSA) is 67.4 Å². The molecule has 5 nitrogen and oxygen atoms in total. The molecule has 1 heterocycles. The van der Waals surface area contributed by atoms with Gasteiger partial charge in [-0.2, -0.15) is 0 Å². The molecular formula is C12H11BrN2O3. The second kappa shape index (κ2) is 5.22. The Bertz CT molecular complexity index is 528. The minimum Gasteiger partial charge on any atom is -0.482 e. The van der Waals surface area contributed by atoms with E-state index in [1.54, 1.807) is 18.2 Å². The molecule has 18 heavy (non-hydrogen) atoms. The zero-order valence-corrected chi connectivity index (χ0v) is 11.0. The van der Waals surface area contributed by atoms with E-state index in [0.29, 0.717) is 28.0 Å². The molecule has 2 N–H and O–H groups in total. The largest absolute Gasteiger partial charge is 0.482 e. The van der Waals surface area contributed by atoms with Crippen LogP contribution in [-0.4, -0.2) is 25.0 Å². The highest BCUT2D eigenvalue weighted by Gasteiger charge is 2.17. The number of carbonyl (C=O) groups excluding carboxylic acids is 2. The average Bonchev–Trinajstić information content (AvgIpc) is 2.34. The summed E-state index contributed by atoms with van der Waals surface area (Å²) < 4.78 is 5.89. The second-order valence-corrected chi connectivity index (χ2v) is 4.87. The van der Waals surface area contributed by atoms with Crippen molar-refractivity contribution >= 4 is 33.4 Å². The molecule has 0 bridgehead atoms. The van der Waals surface area contributed by atoms with Gasteiger partial charge in [-0.3, -0.25) is 9.59 Å². The third-order valence-corrected chi connectivity index (χ3v) is 2.60. The quantitative estimate of drug-likeness (QED) is 0.892. The zero-order valence-electron chi connectivity index (χ0n) is 9.46. The molecule has 1 aromatic rings. The monoisotopic (exact) mass is 310 g/mol. The highest BCUT2D eigenvalue weighted by Crippen LogP contribution is 2.28. The lowest BCUT2D eigenvalue weighted by Gasteiger charge is -2.18. The van der Waals surface area contributed by atoms with Gasteiger partial charge >= 0.3 is 0 Å². The summed E-state index contributed by atoms with van der Waals surface area (Å²) in [4.78, 5) is 23.0. The Morgan fingerprint density at radius 3 is 3.06 bits per heavy atom. The molecule has 1 aromatic carbocycles. The van der Waals surface area contributed by atoms with Crippen LogP contribution < -0.4 is 15.4 Å². The van der Waals surface area contributed by atoms with Crippen molar-refractivity contribution in [3.63, 3.8) is 0 Å². The standard InChI is InChI=1S/C12H11BrN2O3/c1-7(13)5-14-12(17)8-2-3-10-9(4-8)15-11(16)6-18-10/h2-4H,1,5-6H2,(H,14,17)(H,15,16). The minimum atomic E-state index is -0.238. The van der Waals surface area contributed by atoms with Crippen LogP contribution in [-0.2, 0) is 4.79 Å². The average molecular weight is 311 g/mol. The summed E-state index contributed by atoms with van der Waals surface area (Å²) in [5.41, 5.74) is 0.963. The van der Waals surface area contributed by atoms with E-state index in [9.17, 15) is 9.59 Å². The number of rotatable bonds is 3. The van der Waals surface area contributed by atoms with E-state index < -0.39 is 0 Å². The molecule has 0 aliphatic carbocycles. The Kier molecular flexibility index (Phi) is 3.66. The normalized spacial score (nSPS) is 13.1. The molecule has 2 amide bonds. The van der Waals surface area contributed by atoms with E-state index in [4.69, 9.17) is 4.74 Å². The van der Waals surface area contributed by atoms with E-state index in [1.807, 2.05) is 0 Å². The van der Waals surface area contributed by atoms with E-state index in [0.717, 1.165) is 0 Å². The van der Waals surface area contributed by atoms with Gasteiger partial charge in [0.2, 0.25) is 0 Å². The highest BCUT2D eigenvalue weighted by molar-refractivity contribution is 9.11. The molecule has 6 heteroatoms. The van der Waals surface area contributed by atoms with Gasteiger partial charge in [0.25, 0.3) is 11.8 Å². The predicted molar refractivity (Wildman–Crippen MR) is 71.0 cm³/mol. The molecule has 0 unspecified atom stereocenters. The number of hydrogen-bond donors (Lipinski definition) is 2. The smallest absolute Gasteiger partial charge is 0.262 e. The van der Waals surface area contributed by atoms with Gasteiger partial charge in [0.1, 0.15) is 5.75 Å². The van der Waals surface area contributed by atoms with Crippen molar-refractivity contribution in [2.24, 2.45) is 0 Å². The summed E-state index contributed by atoms with van der Waals surface area (Å²) in [6, 6.07) is 4.88. The van der Waals surface area contributed by atoms with Gasteiger partial charge in [0, 0.05) is 16.6 Å². The van der Waals surface area contributed by atoms with Crippen molar-refractivity contribution in [3.8, 4) is 5.75 Å². The lowest BCUT2D eigenvalue weighted by atomic mass is 10.1. The van der Waals surface area contributed by atoms with Gasteiger partial charge in [-0.25, -0.2) is 0 Å². The predicted octanol–water partition coefficient (Wildman–Crippen LogP) is 1.66. The first-order chi connectivity index (χ1) is 8.56. The van der Waals surface area contributed by atoms with E-state index in [1.165, 1.54) is 0 Å². The van der Waals surface area contributed by atoms with Gasteiger partial charge < -0.3 is 15.4 Å². The first-order valence-electron chi connectivity index (χ1n) is 5.24. The van der Waals surface area contributed by atoms with Crippen molar-refractivity contribution in [1.29, 1.82) is 0 Å². The van der Waals surface area contributed by atoms with Gasteiger partial charge in [-0.1, -0.05) is 22.5 Å². The Labute approximate surface area is 112 Å². The van der Waals surface area contributed by atoms with Crippen molar-refractivity contribution < 1.29 is 14.3 Å². The number of amides is 2. The van der Waals surface area contributed by atoms with Crippen LogP contribution in [0, 0.1) is 0 Å². The lowest BCUT2D eigenvalue weighted by Crippen LogP contribution is -2.27. The number of anilines is 1. The molecule has 1 aliphatic heterocycles. The van der Waals surface area contributed by atoms with Crippen LogP contribution in [0.5, 0.6) is 5.75 Å². The molecule has 0 aromatic heterocycles. The van der Waals surface area contributed by atoms with Crippen LogP contribution in [0.4, 0.5) is 5.69 Å². The maximum absolute atomic E-state index is 11.8. The van der Waals surface area contributed by atoms with Gasteiger partial charge in [-0.05, 0) is 18.2 Å². The fourth-order valence-corrected chi connectivity index (χ4v) is 1.64. The zero-order chi connectivity index (χ0) is 13.1. The summed E-state index contributed by atoms with van der Waals surface area (Å²) in [7, 11) is 0. The molecule has 0 saturated heterocycles. The van der Waals surface area contributed by atoms with E-state index in [2.05, 4.69) is 33.1 Å². The summed E-state index contributed by atoms with van der Waals surface area (Å²) in [5, 5.41) is 5.33. The number of halogens is 1. The molecule has 0 fully saturated rings.